The third-order valence-corrected chi connectivity index (χ3v) is 2.83. The fourth-order valence-corrected chi connectivity index (χ4v) is 2.05. The van der Waals surface area contributed by atoms with Crippen LogP contribution in [0.4, 0.5) is 11.4 Å². The Kier molecular flexibility index (Phi) is 4.93. The predicted octanol–water partition coefficient (Wildman–Crippen LogP) is 2.92. The van der Waals surface area contributed by atoms with Crippen LogP contribution in [0.1, 0.15) is 12.5 Å². The van der Waals surface area contributed by atoms with E-state index in [1.165, 1.54) is 6.07 Å². The Bertz CT molecular complexity index is 449. The zero-order chi connectivity index (χ0) is 13.9. The van der Waals surface area contributed by atoms with Crippen molar-refractivity contribution in [3.8, 4) is 0 Å². The van der Waals surface area contributed by atoms with E-state index in [1.807, 2.05) is 21.0 Å². The number of rotatable bonds is 5. The molecule has 6 heteroatoms. The van der Waals surface area contributed by atoms with Crippen molar-refractivity contribution in [1.82, 2.24) is 4.90 Å². The van der Waals surface area contributed by atoms with Gasteiger partial charge in [-0.3, -0.25) is 10.1 Å². The van der Waals surface area contributed by atoms with Gasteiger partial charge in [-0.25, -0.2) is 0 Å². The van der Waals surface area contributed by atoms with Crippen LogP contribution >= 0.6 is 11.6 Å². The molecule has 1 aromatic rings. The Morgan fingerprint density at radius 3 is 2.61 bits per heavy atom. The highest BCUT2D eigenvalue weighted by atomic mass is 35.5. The Hall–Kier alpha value is -1.33. The molecule has 0 aromatic heterocycles. The Balaban J connectivity index is 2.91. The minimum Gasteiger partial charge on any atom is -0.381 e. The van der Waals surface area contributed by atoms with E-state index in [-0.39, 0.29) is 16.8 Å². The van der Waals surface area contributed by atoms with Gasteiger partial charge in [0.1, 0.15) is 5.02 Å². The van der Waals surface area contributed by atoms with Crippen molar-refractivity contribution in [2.45, 2.75) is 19.9 Å². The zero-order valence-corrected chi connectivity index (χ0v) is 11.8. The normalized spacial score (nSPS) is 12.6. The van der Waals surface area contributed by atoms with Crippen molar-refractivity contribution in [2.75, 3.05) is 26.0 Å². The maximum Gasteiger partial charge on any atom is 0.288 e. The predicted molar refractivity (Wildman–Crippen MR) is 74.5 cm³/mol. The Morgan fingerprint density at radius 1 is 1.50 bits per heavy atom. The molecular formula is C12H18ClN3O2. The van der Waals surface area contributed by atoms with Gasteiger partial charge in [-0.05, 0) is 39.6 Å². The number of nitro groups is 1. The molecule has 1 atom stereocenters. The van der Waals surface area contributed by atoms with E-state index < -0.39 is 4.92 Å². The fraction of sp³-hybridized carbons (Fsp3) is 0.500. The third-order valence-electron chi connectivity index (χ3n) is 2.53. The number of nitro benzene ring substituents is 1. The number of hydrogen-bond donors (Lipinski definition) is 1. The summed E-state index contributed by atoms with van der Waals surface area (Å²) in [5.74, 6) is 0. The lowest BCUT2D eigenvalue weighted by Crippen LogP contribution is -2.29. The van der Waals surface area contributed by atoms with Gasteiger partial charge in [-0.2, -0.15) is 0 Å². The van der Waals surface area contributed by atoms with Gasteiger partial charge < -0.3 is 10.2 Å². The lowest BCUT2D eigenvalue weighted by molar-refractivity contribution is -0.384. The molecule has 0 bridgehead atoms. The second-order valence-corrected chi connectivity index (χ2v) is 5.09. The van der Waals surface area contributed by atoms with E-state index in [0.717, 1.165) is 17.8 Å². The molecule has 1 N–H and O–H groups in total. The summed E-state index contributed by atoms with van der Waals surface area (Å²) in [7, 11) is 3.99. The van der Waals surface area contributed by atoms with Gasteiger partial charge in [0, 0.05) is 24.3 Å². The SMILES string of the molecule is Cc1cc([N+](=O)[O-])c(Cl)cc1NC(C)CN(C)C. The van der Waals surface area contributed by atoms with Crippen LogP contribution in [0.15, 0.2) is 12.1 Å². The van der Waals surface area contributed by atoms with Gasteiger partial charge in [0.2, 0.25) is 0 Å². The van der Waals surface area contributed by atoms with Crippen LogP contribution in [0.25, 0.3) is 0 Å². The molecule has 18 heavy (non-hydrogen) atoms. The minimum atomic E-state index is -0.470. The van der Waals surface area contributed by atoms with Crippen LogP contribution in [-0.4, -0.2) is 36.5 Å². The number of benzene rings is 1. The summed E-state index contributed by atoms with van der Waals surface area (Å²) in [6.07, 6.45) is 0. The smallest absolute Gasteiger partial charge is 0.288 e. The third kappa shape index (κ3) is 3.85. The number of nitrogens with zero attached hydrogens (tertiary/aromatic N) is 2. The maximum absolute atomic E-state index is 10.7. The molecule has 0 aliphatic rings. The number of likely N-dealkylation sites (N-methyl/N-ethyl adjacent to an activating group) is 1. The second-order valence-electron chi connectivity index (χ2n) is 4.68. The number of halogens is 1. The lowest BCUT2D eigenvalue weighted by Gasteiger charge is -2.20. The average molecular weight is 272 g/mol. The van der Waals surface area contributed by atoms with Crippen LogP contribution < -0.4 is 5.32 Å². The highest BCUT2D eigenvalue weighted by Gasteiger charge is 2.15. The van der Waals surface area contributed by atoms with Crippen LogP contribution in [0.5, 0.6) is 0 Å². The first-order valence-electron chi connectivity index (χ1n) is 5.67. The highest BCUT2D eigenvalue weighted by molar-refractivity contribution is 6.33. The van der Waals surface area contributed by atoms with E-state index in [9.17, 15) is 10.1 Å². The summed E-state index contributed by atoms with van der Waals surface area (Å²) < 4.78 is 0. The molecule has 1 aromatic carbocycles. The molecule has 0 radical (unpaired) electrons. The minimum absolute atomic E-state index is 0.0556. The Labute approximate surface area is 112 Å². The molecule has 1 unspecified atom stereocenters. The molecule has 1 rings (SSSR count). The first-order chi connectivity index (χ1) is 8.31. The molecule has 0 heterocycles. The first-order valence-corrected chi connectivity index (χ1v) is 6.05. The van der Waals surface area contributed by atoms with E-state index in [4.69, 9.17) is 11.6 Å². The van der Waals surface area contributed by atoms with Crippen molar-refractivity contribution < 1.29 is 4.92 Å². The molecule has 0 aliphatic heterocycles. The molecule has 0 amide bonds. The topological polar surface area (TPSA) is 58.4 Å². The number of aryl methyl sites for hydroxylation is 1. The molecule has 0 spiro atoms. The van der Waals surface area contributed by atoms with Gasteiger partial charge >= 0.3 is 0 Å². The standard InChI is InChI=1S/C12H18ClN3O2/c1-8-5-12(16(17)18)10(13)6-11(8)14-9(2)7-15(3)4/h5-6,9,14H,7H2,1-4H3. The average Bonchev–Trinajstić information content (AvgIpc) is 2.21. The summed E-state index contributed by atoms with van der Waals surface area (Å²) in [4.78, 5) is 12.3. The van der Waals surface area contributed by atoms with Crippen molar-refractivity contribution in [3.63, 3.8) is 0 Å². The Morgan fingerprint density at radius 2 is 2.11 bits per heavy atom. The van der Waals surface area contributed by atoms with Crippen molar-refractivity contribution in [3.05, 3.63) is 32.8 Å². The zero-order valence-electron chi connectivity index (χ0n) is 11.0. The number of anilines is 1. The van der Waals surface area contributed by atoms with E-state index in [0.29, 0.717) is 0 Å². The summed E-state index contributed by atoms with van der Waals surface area (Å²) in [5, 5.41) is 14.2. The van der Waals surface area contributed by atoms with Crippen LogP contribution in [0.2, 0.25) is 5.02 Å². The van der Waals surface area contributed by atoms with Crippen LogP contribution in [0.3, 0.4) is 0 Å². The molecule has 0 fully saturated rings. The van der Waals surface area contributed by atoms with Gasteiger partial charge in [-0.15, -0.1) is 0 Å². The summed E-state index contributed by atoms with van der Waals surface area (Å²) in [6, 6.07) is 3.34. The van der Waals surface area contributed by atoms with Crippen molar-refractivity contribution in [1.29, 1.82) is 0 Å². The number of hydrogen-bond acceptors (Lipinski definition) is 4. The van der Waals surface area contributed by atoms with E-state index in [1.54, 1.807) is 6.07 Å². The second kappa shape index (κ2) is 6.02. The quantitative estimate of drug-likeness (QED) is 0.661. The molecular weight excluding hydrogens is 254 g/mol. The largest absolute Gasteiger partial charge is 0.381 e. The van der Waals surface area contributed by atoms with Gasteiger partial charge in [0.25, 0.3) is 5.69 Å². The lowest BCUT2D eigenvalue weighted by atomic mass is 10.1. The van der Waals surface area contributed by atoms with Crippen molar-refractivity contribution >= 4 is 23.0 Å². The summed E-state index contributed by atoms with van der Waals surface area (Å²) >= 11 is 5.89. The number of nitrogens with one attached hydrogen (secondary N) is 1. The molecule has 0 saturated heterocycles. The first kappa shape index (κ1) is 14.7. The van der Waals surface area contributed by atoms with Crippen LogP contribution in [-0.2, 0) is 0 Å². The summed E-state index contributed by atoms with van der Waals surface area (Å²) in [6.45, 7) is 4.75. The maximum atomic E-state index is 10.7. The van der Waals surface area contributed by atoms with Crippen molar-refractivity contribution in [2.24, 2.45) is 0 Å². The van der Waals surface area contributed by atoms with Gasteiger partial charge in [0.05, 0.1) is 4.92 Å². The van der Waals surface area contributed by atoms with Gasteiger partial charge in [-0.1, -0.05) is 11.6 Å². The molecule has 5 nitrogen and oxygen atoms in total. The monoisotopic (exact) mass is 271 g/mol. The van der Waals surface area contributed by atoms with Gasteiger partial charge in [0.15, 0.2) is 0 Å². The highest BCUT2D eigenvalue weighted by Crippen LogP contribution is 2.30. The molecule has 0 aliphatic carbocycles. The summed E-state index contributed by atoms with van der Waals surface area (Å²) in [5.41, 5.74) is 1.59. The van der Waals surface area contributed by atoms with E-state index in [2.05, 4.69) is 17.1 Å². The molecule has 0 saturated carbocycles. The molecule has 100 valence electrons. The van der Waals surface area contributed by atoms with Crippen LogP contribution in [0, 0.1) is 17.0 Å². The van der Waals surface area contributed by atoms with E-state index >= 15 is 0 Å². The fourth-order valence-electron chi connectivity index (χ4n) is 1.82.